The summed E-state index contributed by atoms with van der Waals surface area (Å²) in [5.41, 5.74) is 2.29. The predicted octanol–water partition coefficient (Wildman–Crippen LogP) is 1.65. The van der Waals surface area contributed by atoms with Crippen LogP contribution in [0.3, 0.4) is 0 Å². The van der Waals surface area contributed by atoms with E-state index in [0.717, 1.165) is 25.2 Å². The Morgan fingerprint density at radius 2 is 1.54 bits per heavy atom. The Morgan fingerprint density at radius 1 is 0.923 bits per heavy atom. The second kappa shape index (κ2) is 7.70. The van der Waals surface area contributed by atoms with Crippen molar-refractivity contribution >= 4 is 5.95 Å². The van der Waals surface area contributed by atoms with Gasteiger partial charge in [0, 0.05) is 44.1 Å². The number of likely N-dealkylation sites (tertiary alicyclic amines) is 1. The van der Waals surface area contributed by atoms with E-state index in [0.29, 0.717) is 37.2 Å². The molecule has 1 saturated heterocycles. The highest BCUT2D eigenvalue weighted by Gasteiger charge is 2.40. The van der Waals surface area contributed by atoms with Crippen molar-refractivity contribution in [3.05, 3.63) is 53.9 Å². The molecular formula is C20H26N4O2. The molecule has 6 nitrogen and oxygen atoms in total. The molecule has 2 fully saturated rings. The Balaban J connectivity index is 1.29. The molecule has 0 bridgehead atoms. The minimum Gasteiger partial charge on any atom is -0.390 e. The van der Waals surface area contributed by atoms with Gasteiger partial charge in [-0.2, -0.15) is 0 Å². The first-order chi connectivity index (χ1) is 12.7. The van der Waals surface area contributed by atoms with E-state index in [9.17, 15) is 10.2 Å². The van der Waals surface area contributed by atoms with Gasteiger partial charge in [-0.3, -0.25) is 4.90 Å². The summed E-state index contributed by atoms with van der Waals surface area (Å²) in [4.78, 5) is 11.2. The van der Waals surface area contributed by atoms with Crippen molar-refractivity contribution < 1.29 is 10.2 Å². The Bertz CT molecular complexity index is 692. The van der Waals surface area contributed by atoms with E-state index >= 15 is 0 Å². The van der Waals surface area contributed by atoms with Gasteiger partial charge in [0.2, 0.25) is 5.95 Å². The molecule has 1 aromatic heterocycles. The van der Waals surface area contributed by atoms with Crippen LogP contribution in [-0.2, 0) is 13.1 Å². The number of nitrogens with one attached hydrogen (secondary N) is 1. The van der Waals surface area contributed by atoms with Crippen molar-refractivity contribution in [3.8, 4) is 0 Å². The van der Waals surface area contributed by atoms with Crippen molar-refractivity contribution in [3.63, 3.8) is 0 Å². The highest BCUT2D eigenvalue weighted by atomic mass is 16.3. The SMILES string of the molecule is O[C@@H]1C[C@H]2CN(Cc3cnc(NCc4ccccc4)nc3)C[C@H]2C[C@@H]1O. The van der Waals surface area contributed by atoms with Crippen molar-refractivity contribution in [2.45, 2.75) is 38.1 Å². The highest BCUT2D eigenvalue weighted by Crippen LogP contribution is 2.36. The lowest BCUT2D eigenvalue weighted by Crippen LogP contribution is -2.38. The fourth-order valence-corrected chi connectivity index (χ4v) is 4.20. The summed E-state index contributed by atoms with van der Waals surface area (Å²) in [6, 6.07) is 10.2. The van der Waals surface area contributed by atoms with E-state index in [4.69, 9.17) is 0 Å². The van der Waals surface area contributed by atoms with Crippen LogP contribution in [0.25, 0.3) is 0 Å². The first-order valence-corrected chi connectivity index (χ1v) is 9.34. The van der Waals surface area contributed by atoms with E-state index in [-0.39, 0.29) is 0 Å². The number of aliphatic hydroxyl groups excluding tert-OH is 2. The van der Waals surface area contributed by atoms with Gasteiger partial charge in [-0.05, 0) is 30.2 Å². The van der Waals surface area contributed by atoms with Crippen LogP contribution in [0.2, 0.25) is 0 Å². The molecule has 2 heterocycles. The Hall–Kier alpha value is -2.02. The standard InChI is InChI=1S/C20H26N4O2/c25-18-6-16-12-24(13-17(16)7-19(18)26)11-15-9-22-20(23-10-15)21-8-14-4-2-1-3-5-14/h1-5,9-10,16-19,25-26H,6-8,11-13H2,(H,21,22,23)/t16-,17+,18+,19-. The molecular weight excluding hydrogens is 328 g/mol. The van der Waals surface area contributed by atoms with Crippen LogP contribution in [0, 0.1) is 11.8 Å². The van der Waals surface area contributed by atoms with E-state index in [1.807, 2.05) is 30.6 Å². The second-order valence-electron chi connectivity index (χ2n) is 7.57. The maximum Gasteiger partial charge on any atom is 0.222 e. The van der Waals surface area contributed by atoms with Crippen LogP contribution >= 0.6 is 0 Å². The number of anilines is 1. The zero-order valence-corrected chi connectivity index (χ0v) is 14.8. The molecule has 4 atom stereocenters. The molecule has 1 saturated carbocycles. The molecule has 3 N–H and O–H groups in total. The van der Waals surface area contributed by atoms with E-state index in [1.165, 1.54) is 5.56 Å². The largest absolute Gasteiger partial charge is 0.390 e. The molecule has 0 amide bonds. The Morgan fingerprint density at radius 3 is 2.15 bits per heavy atom. The number of hydrogen-bond acceptors (Lipinski definition) is 6. The lowest BCUT2D eigenvalue weighted by Gasteiger charge is -2.32. The number of aromatic nitrogens is 2. The van der Waals surface area contributed by atoms with Gasteiger partial charge in [0.05, 0.1) is 12.2 Å². The molecule has 6 heteroatoms. The van der Waals surface area contributed by atoms with Crippen molar-refractivity contribution in [1.82, 2.24) is 14.9 Å². The molecule has 1 aliphatic heterocycles. The third kappa shape index (κ3) is 4.03. The maximum atomic E-state index is 9.87. The van der Waals surface area contributed by atoms with Gasteiger partial charge in [-0.1, -0.05) is 30.3 Å². The van der Waals surface area contributed by atoms with Crippen molar-refractivity contribution in [2.24, 2.45) is 11.8 Å². The fourth-order valence-electron chi connectivity index (χ4n) is 4.20. The minimum atomic E-state index is -0.561. The Kier molecular flexibility index (Phi) is 5.15. The summed E-state index contributed by atoms with van der Waals surface area (Å²) >= 11 is 0. The average molecular weight is 354 g/mol. The summed E-state index contributed by atoms with van der Waals surface area (Å²) in [6.45, 7) is 3.48. The summed E-state index contributed by atoms with van der Waals surface area (Å²) in [7, 11) is 0. The minimum absolute atomic E-state index is 0.487. The third-order valence-corrected chi connectivity index (χ3v) is 5.59. The molecule has 26 heavy (non-hydrogen) atoms. The summed E-state index contributed by atoms with van der Waals surface area (Å²) in [5, 5.41) is 23.0. The topological polar surface area (TPSA) is 81.5 Å². The van der Waals surface area contributed by atoms with Gasteiger partial charge < -0.3 is 15.5 Å². The van der Waals surface area contributed by atoms with Crippen LogP contribution in [0.1, 0.15) is 24.0 Å². The molecule has 138 valence electrons. The van der Waals surface area contributed by atoms with Crippen LogP contribution in [0.15, 0.2) is 42.7 Å². The van der Waals surface area contributed by atoms with Gasteiger partial charge >= 0.3 is 0 Å². The van der Waals surface area contributed by atoms with Crippen LogP contribution < -0.4 is 5.32 Å². The third-order valence-electron chi connectivity index (χ3n) is 5.59. The summed E-state index contributed by atoms with van der Waals surface area (Å²) < 4.78 is 0. The molecule has 1 aromatic carbocycles. The quantitative estimate of drug-likeness (QED) is 0.758. The maximum absolute atomic E-state index is 9.87. The average Bonchev–Trinajstić information content (AvgIpc) is 3.03. The lowest BCUT2D eigenvalue weighted by molar-refractivity contribution is -0.0372. The molecule has 0 radical (unpaired) electrons. The molecule has 2 aromatic rings. The zero-order chi connectivity index (χ0) is 17.9. The number of rotatable bonds is 5. The van der Waals surface area contributed by atoms with Gasteiger partial charge in [0.1, 0.15) is 0 Å². The smallest absolute Gasteiger partial charge is 0.222 e. The monoisotopic (exact) mass is 354 g/mol. The highest BCUT2D eigenvalue weighted by molar-refractivity contribution is 5.28. The van der Waals surface area contributed by atoms with E-state index in [1.54, 1.807) is 0 Å². The molecule has 1 aliphatic carbocycles. The lowest BCUT2D eigenvalue weighted by atomic mass is 9.79. The number of nitrogens with zero attached hydrogens (tertiary/aromatic N) is 3. The zero-order valence-electron chi connectivity index (χ0n) is 14.8. The van der Waals surface area contributed by atoms with Crippen LogP contribution in [0.4, 0.5) is 5.95 Å². The van der Waals surface area contributed by atoms with Crippen molar-refractivity contribution in [1.29, 1.82) is 0 Å². The molecule has 4 rings (SSSR count). The van der Waals surface area contributed by atoms with Gasteiger partial charge in [0.25, 0.3) is 0 Å². The first-order valence-electron chi connectivity index (χ1n) is 9.34. The number of aliphatic hydroxyl groups is 2. The Labute approximate surface area is 153 Å². The number of hydrogen-bond donors (Lipinski definition) is 3. The van der Waals surface area contributed by atoms with Gasteiger partial charge in [-0.15, -0.1) is 0 Å². The van der Waals surface area contributed by atoms with Gasteiger partial charge in [-0.25, -0.2) is 9.97 Å². The first kappa shape index (κ1) is 17.4. The summed E-state index contributed by atoms with van der Waals surface area (Å²) in [5.74, 6) is 1.61. The second-order valence-corrected chi connectivity index (χ2v) is 7.57. The molecule has 2 aliphatic rings. The molecule has 0 spiro atoms. The number of benzene rings is 1. The normalized spacial score (nSPS) is 28.7. The van der Waals surface area contributed by atoms with Crippen LogP contribution in [-0.4, -0.2) is 50.4 Å². The van der Waals surface area contributed by atoms with Crippen molar-refractivity contribution in [2.75, 3.05) is 18.4 Å². The number of fused-ring (bicyclic) bond motifs is 1. The summed E-state index contributed by atoms with van der Waals surface area (Å²) in [6.07, 6.45) is 4.06. The van der Waals surface area contributed by atoms with Gasteiger partial charge in [0.15, 0.2) is 0 Å². The van der Waals surface area contributed by atoms with E-state index in [2.05, 4.69) is 32.3 Å². The van der Waals surface area contributed by atoms with Crippen LogP contribution in [0.5, 0.6) is 0 Å². The molecule has 0 unspecified atom stereocenters. The fraction of sp³-hybridized carbons (Fsp3) is 0.500. The predicted molar refractivity (Wildman–Crippen MR) is 99.3 cm³/mol. The van der Waals surface area contributed by atoms with E-state index < -0.39 is 12.2 Å².